The molecule has 1 amide bonds. The number of carbonyl (C=O) groups excluding carboxylic acids is 1. The van der Waals surface area contributed by atoms with Crippen molar-refractivity contribution < 1.29 is 13.2 Å². The van der Waals surface area contributed by atoms with Gasteiger partial charge in [-0.25, -0.2) is 13.1 Å². The summed E-state index contributed by atoms with van der Waals surface area (Å²) in [7, 11) is -1.60. The minimum Gasteiger partial charge on any atom is -0.341 e. The Kier molecular flexibility index (Phi) is 6.41. The Morgan fingerprint density at radius 2 is 2.04 bits per heavy atom. The number of amides is 1. The molecular weight excluding hydrogens is 338 g/mol. The molecule has 128 valence electrons. The maximum Gasteiger partial charge on any atom is 0.240 e. The van der Waals surface area contributed by atoms with Gasteiger partial charge in [0.1, 0.15) is 0 Å². The van der Waals surface area contributed by atoms with E-state index in [4.69, 9.17) is 11.6 Å². The van der Waals surface area contributed by atoms with Crippen LogP contribution in [0, 0.1) is 0 Å². The zero-order chi connectivity index (χ0) is 16.9. The molecule has 0 atom stereocenters. The molecule has 0 aromatic heterocycles. The zero-order valence-corrected chi connectivity index (χ0v) is 14.7. The fourth-order valence-corrected chi connectivity index (χ4v) is 3.80. The van der Waals surface area contributed by atoms with Crippen LogP contribution in [0.2, 0.25) is 5.02 Å². The molecule has 1 aromatic rings. The van der Waals surface area contributed by atoms with Gasteiger partial charge >= 0.3 is 0 Å². The van der Waals surface area contributed by atoms with E-state index in [0.717, 1.165) is 26.1 Å². The molecule has 1 saturated heterocycles. The van der Waals surface area contributed by atoms with E-state index in [1.165, 1.54) is 12.1 Å². The molecule has 1 N–H and O–H groups in total. The van der Waals surface area contributed by atoms with Crippen LogP contribution < -0.4 is 4.72 Å². The molecular formula is C15H22ClN3O3S. The Hall–Kier alpha value is -1.15. The fraction of sp³-hybridized carbons (Fsp3) is 0.533. The predicted molar refractivity (Wildman–Crippen MR) is 90.0 cm³/mol. The first-order valence-corrected chi connectivity index (χ1v) is 9.46. The highest BCUT2D eigenvalue weighted by molar-refractivity contribution is 7.89. The number of sulfonamides is 1. The molecule has 8 heteroatoms. The van der Waals surface area contributed by atoms with Crippen LogP contribution >= 0.6 is 11.6 Å². The SMILES string of the molecule is CN1CCCN(C(=O)CCNS(=O)(=O)c2cccc(Cl)c2)CC1. The Morgan fingerprint density at radius 3 is 2.78 bits per heavy atom. The molecule has 0 bridgehead atoms. The fourth-order valence-electron chi connectivity index (χ4n) is 2.46. The van der Waals surface area contributed by atoms with E-state index in [1.807, 2.05) is 7.05 Å². The average Bonchev–Trinajstić information content (AvgIpc) is 2.72. The van der Waals surface area contributed by atoms with E-state index in [-0.39, 0.29) is 23.8 Å². The Morgan fingerprint density at radius 1 is 1.26 bits per heavy atom. The normalized spacial score (nSPS) is 17.0. The van der Waals surface area contributed by atoms with Gasteiger partial charge in [0.15, 0.2) is 0 Å². The summed E-state index contributed by atoms with van der Waals surface area (Å²) in [6.45, 7) is 3.33. The van der Waals surface area contributed by atoms with Gasteiger partial charge in [-0.05, 0) is 38.2 Å². The zero-order valence-electron chi connectivity index (χ0n) is 13.2. The molecule has 0 radical (unpaired) electrons. The van der Waals surface area contributed by atoms with E-state index < -0.39 is 10.0 Å². The van der Waals surface area contributed by atoms with E-state index in [1.54, 1.807) is 17.0 Å². The van der Waals surface area contributed by atoms with Crippen molar-refractivity contribution >= 4 is 27.5 Å². The second kappa shape index (κ2) is 8.10. The van der Waals surface area contributed by atoms with Crippen LogP contribution in [0.25, 0.3) is 0 Å². The summed E-state index contributed by atoms with van der Waals surface area (Å²) < 4.78 is 26.7. The highest BCUT2D eigenvalue weighted by Crippen LogP contribution is 2.15. The number of rotatable bonds is 5. The van der Waals surface area contributed by atoms with Crippen LogP contribution in [0.15, 0.2) is 29.2 Å². The van der Waals surface area contributed by atoms with E-state index in [2.05, 4.69) is 9.62 Å². The number of carbonyl (C=O) groups is 1. The van der Waals surface area contributed by atoms with Gasteiger partial charge in [-0.15, -0.1) is 0 Å². The molecule has 0 aliphatic carbocycles. The second-order valence-electron chi connectivity index (χ2n) is 5.64. The van der Waals surface area contributed by atoms with Gasteiger partial charge in [0.25, 0.3) is 0 Å². The van der Waals surface area contributed by atoms with E-state index in [0.29, 0.717) is 11.6 Å². The molecule has 1 aliphatic heterocycles. The van der Waals surface area contributed by atoms with Crippen molar-refractivity contribution in [2.45, 2.75) is 17.7 Å². The smallest absolute Gasteiger partial charge is 0.240 e. The van der Waals surface area contributed by atoms with E-state index in [9.17, 15) is 13.2 Å². The lowest BCUT2D eigenvalue weighted by Gasteiger charge is -2.20. The molecule has 1 aromatic carbocycles. The number of hydrogen-bond acceptors (Lipinski definition) is 4. The number of nitrogens with one attached hydrogen (secondary N) is 1. The lowest BCUT2D eigenvalue weighted by Crippen LogP contribution is -2.36. The molecule has 6 nitrogen and oxygen atoms in total. The molecule has 0 saturated carbocycles. The second-order valence-corrected chi connectivity index (χ2v) is 7.85. The predicted octanol–water partition coefficient (Wildman–Crippen LogP) is 1.17. The molecule has 0 unspecified atom stereocenters. The molecule has 1 heterocycles. The third-order valence-electron chi connectivity index (χ3n) is 3.81. The topological polar surface area (TPSA) is 69.7 Å². The summed E-state index contributed by atoms with van der Waals surface area (Å²) >= 11 is 5.81. The molecule has 1 aliphatic rings. The number of likely N-dealkylation sites (N-methyl/N-ethyl adjacent to an activating group) is 1. The number of nitrogens with zero attached hydrogens (tertiary/aromatic N) is 2. The van der Waals surface area contributed by atoms with Gasteiger partial charge in [0.2, 0.25) is 15.9 Å². The van der Waals surface area contributed by atoms with E-state index >= 15 is 0 Å². The first-order valence-electron chi connectivity index (χ1n) is 7.60. The van der Waals surface area contributed by atoms with Gasteiger partial charge in [0.05, 0.1) is 4.90 Å². The lowest BCUT2D eigenvalue weighted by atomic mass is 10.3. The quantitative estimate of drug-likeness (QED) is 0.856. The standard InChI is InChI=1S/C15H22ClN3O3S/c1-18-8-3-9-19(11-10-18)15(20)6-7-17-23(21,22)14-5-2-4-13(16)12-14/h2,4-5,12,17H,3,6-11H2,1H3. The van der Waals surface area contributed by atoms with Crippen LogP contribution in [-0.2, 0) is 14.8 Å². The number of benzene rings is 1. The van der Waals surface area contributed by atoms with Crippen molar-refractivity contribution in [3.63, 3.8) is 0 Å². The van der Waals surface area contributed by atoms with Gasteiger partial charge in [-0.1, -0.05) is 17.7 Å². The van der Waals surface area contributed by atoms with Crippen molar-refractivity contribution in [1.82, 2.24) is 14.5 Å². The van der Waals surface area contributed by atoms with Crippen LogP contribution in [0.4, 0.5) is 0 Å². The summed E-state index contributed by atoms with van der Waals surface area (Å²) in [6.07, 6.45) is 1.10. The van der Waals surface area contributed by atoms with Gasteiger partial charge in [-0.2, -0.15) is 0 Å². The van der Waals surface area contributed by atoms with Crippen molar-refractivity contribution in [2.24, 2.45) is 0 Å². The van der Waals surface area contributed by atoms with Gasteiger partial charge in [-0.3, -0.25) is 4.79 Å². The average molecular weight is 360 g/mol. The third-order valence-corrected chi connectivity index (χ3v) is 5.50. The summed E-state index contributed by atoms with van der Waals surface area (Å²) in [5.74, 6) is -0.0194. The number of halogens is 1. The van der Waals surface area contributed by atoms with Crippen molar-refractivity contribution in [3.05, 3.63) is 29.3 Å². The molecule has 23 heavy (non-hydrogen) atoms. The van der Waals surface area contributed by atoms with Crippen LogP contribution in [0.3, 0.4) is 0 Å². The highest BCUT2D eigenvalue weighted by Gasteiger charge is 2.19. The van der Waals surface area contributed by atoms with Crippen molar-refractivity contribution in [1.29, 1.82) is 0 Å². The van der Waals surface area contributed by atoms with Crippen molar-refractivity contribution in [2.75, 3.05) is 39.8 Å². The van der Waals surface area contributed by atoms with Crippen LogP contribution in [0.1, 0.15) is 12.8 Å². The minimum absolute atomic E-state index is 0.0194. The molecule has 0 spiro atoms. The van der Waals surface area contributed by atoms with Gasteiger partial charge in [0, 0.05) is 37.6 Å². The number of hydrogen-bond donors (Lipinski definition) is 1. The Labute approximate surface area is 142 Å². The molecule has 1 fully saturated rings. The maximum absolute atomic E-state index is 12.2. The summed E-state index contributed by atoms with van der Waals surface area (Å²) in [5.41, 5.74) is 0. The molecule has 2 rings (SSSR count). The summed E-state index contributed by atoms with van der Waals surface area (Å²) in [5, 5.41) is 0.359. The first-order chi connectivity index (χ1) is 10.9. The largest absolute Gasteiger partial charge is 0.341 e. The van der Waals surface area contributed by atoms with Crippen molar-refractivity contribution in [3.8, 4) is 0 Å². The summed E-state index contributed by atoms with van der Waals surface area (Å²) in [4.78, 5) is 16.3. The third kappa shape index (κ3) is 5.46. The first kappa shape index (κ1) is 18.2. The maximum atomic E-state index is 12.2. The minimum atomic E-state index is -3.64. The monoisotopic (exact) mass is 359 g/mol. The van der Waals surface area contributed by atoms with Gasteiger partial charge < -0.3 is 9.80 Å². The van der Waals surface area contributed by atoms with Crippen LogP contribution in [-0.4, -0.2) is 63.9 Å². The van der Waals surface area contributed by atoms with Crippen LogP contribution in [0.5, 0.6) is 0 Å². The Bertz CT molecular complexity index is 651. The Balaban J connectivity index is 1.85. The highest BCUT2D eigenvalue weighted by atomic mass is 35.5. The lowest BCUT2D eigenvalue weighted by molar-refractivity contribution is -0.130. The summed E-state index contributed by atoms with van der Waals surface area (Å²) in [6, 6.07) is 6.05.